The minimum absolute atomic E-state index is 0. The predicted molar refractivity (Wildman–Crippen MR) is 128 cm³/mol. The number of amides is 2. The second-order valence-corrected chi connectivity index (χ2v) is 10.2. The van der Waals surface area contributed by atoms with Crippen molar-refractivity contribution in [1.29, 1.82) is 0 Å². The number of β-lactam (4-membered cyclic amide) rings is 1. The first-order chi connectivity index (χ1) is 17.1. The predicted octanol–water partition coefficient (Wildman–Crippen LogP) is -5.94. The molecule has 2 aromatic heterocycles. The van der Waals surface area contributed by atoms with E-state index in [1.807, 2.05) is 0 Å². The third kappa shape index (κ3) is 5.78. The van der Waals surface area contributed by atoms with E-state index in [0.29, 0.717) is 5.57 Å². The van der Waals surface area contributed by atoms with Crippen LogP contribution in [0.3, 0.4) is 0 Å². The van der Waals surface area contributed by atoms with Crippen molar-refractivity contribution < 1.29 is 53.9 Å². The number of H-pyrrole nitrogens is 1. The van der Waals surface area contributed by atoms with E-state index in [9.17, 15) is 29.1 Å². The second kappa shape index (κ2) is 11.8. The molecule has 0 bridgehead atoms. The summed E-state index contributed by atoms with van der Waals surface area (Å²) in [6.07, 6.45) is 0. The number of hydrogen-bond acceptors (Lipinski definition) is 14. The number of aryl methyl sites for hydroxylation is 1. The molecule has 15 nitrogen and oxygen atoms in total. The molecule has 2 atom stereocenters. The smallest absolute Gasteiger partial charge is 0.543 e. The molecule has 4 rings (SSSR count). The van der Waals surface area contributed by atoms with E-state index < -0.39 is 40.3 Å². The van der Waals surface area contributed by atoms with E-state index in [4.69, 9.17) is 10.6 Å². The number of thioether (sulfide) groups is 2. The number of nitrogens with zero attached hydrogens (tertiary/aromatic N) is 5. The Morgan fingerprint density at radius 1 is 1.38 bits per heavy atom. The molecule has 0 aliphatic carbocycles. The fourth-order valence-corrected chi connectivity index (χ4v) is 6.38. The monoisotopic (exact) mass is 576 g/mol. The van der Waals surface area contributed by atoms with Crippen LogP contribution in [0.1, 0.15) is 5.69 Å². The van der Waals surface area contributed by atoms with Crippen LogP contribution in [0, 0.1) is 0 Å². The summed E-state index contributed by atoms with van der Waals surface area (Å²) in [6, 6.07) is -1.02. The van der Waals surface area contributed by atoms with Gasteiger partial charge in [-0.15, -0.1) is 23.1 Å². The molecule has 0 spiro atoms. The van der Waals surface area contributed by atoms with Gasteiger partial charge in [0.1, 0.15) is 24.2 Å². The van der Waals surface area contributed by atoms with Crippen molar-refractivity contribution in [3.8, 4) is 0 Å². The van der Waals surface area contributed by atoms with Gasteiger partial charge in [-0.2, -0.15) is 4.98 Å². The van der Waals surface area contributed by atoms with Crippen LogP contribution in [0.15, 0.2) is 36.6 Å². The molecule has 2 amide bonds. The molecule has 1 saturated heterocycles. The Labute approximate surface area is 242 Å². The van der Waals surface area contributed by atoms with Gasteiger partial charge in [0.15, 0.2) is 16.0 Å². The SMILES string of the molecule is CO/N=C(\C(=O)N[C@@H]1C(=O)N2C(C(=O)[O-])=C(CSc3nc(=O)c(=O)[nH]n3C)CS[C@H]12)c1csc(N)n1.[Na+]. The number of rotatable bonds is 8. The summed E-state index contributed by atoms with van der Waals surface area (Å²) in [5, 5.41) is 21.6. The number of oxime groups is 1. The van der Waals surface area contributed by atoms with Crippen molar-refractivity contribution in [1.82, 2.24) is 30.0 Å². The number of nitrogens with two attached hydrogens (primary N) is 1. The van der Waals surface area contributed by atoms with Crippen molar-refractivity contribution in [3.63, 3.8) is 0 Å². The van der Waals surface area contributed by atoms with Crippen LogP contribution in [0.4, 0.5) is 5.13 Å². The normalized spacial score (nSPS) is 19.0. The number of carboxylic acids is 1. The van der Waals surface area contributed by atoms with Crippen LogP contribution < -0.4 is 56.8 Å². The topological polar surface area (TPSA) is 218 Å². The first kappa shape index (κ1) is 28.9. The molecule has 37 heavy (non-hydrogen) atoms. The fraction of sp³-hybridized carbons (Fsp3) is 0.333. The van der Waals surface area contributed by atoms with Crippen LogP contribution in [-0.4, -0.2) is 78.2 Å². The molecule has 2 aliphatic rings. The van der Waals surface area contributed by atoms with E-state index in [2.05, 4.69) is 25.5 Å². The number of carbonyl (C=O) groups excluding carboxylic acids is 3. The Kier molecular flexibility index (Phi) is 9.24. The maximum atomic E-state index is 12.9. The van der Waals surface area contributed by atoms with Crippen LogP contribution in [0.25, 0.3) is 0 Å². The van der Waals surface area contributed by atoms with E-state index >= 15 is 0 Å². The third-order valence-electron chi connectivity index (χ3n) is 5.01. The number of nitrogen functional groups attached to an aromatic ring is 1. The van der Waals surface area contributed by atoms with E-state index in [-0.39, 0.29) is 68.5 Å². The Balaban J connectivity index is 0.00000380. The molecular weight excluding hydrogens is 559 g/mol. The Morgan fingerprint density at radius 3 is 2.73 bits per heavy atom. The zero-order valence-corrected chi connectivity index (χ0v) is 24.0. The molecule has 190 valence electrons. The minimum Gasteiger partial charge on any atom is -0.543 e. The van der Waals surface area contributed by atoms with E-state index in [1.165, 1.54) is 36.0 Å². The maximum absolute atomic E-state index is 12.9. The standard InChI is InChI=1S/C18H18N8O7S3.Na/c1-25-18(22-12(28)13(29)23-25)36-4-6-3-34-15-9(14(30)26(15)10(6)16(31)32)21-11(27)8(24-33-2)7-5-35-17(19)20-7;/h5,9,15H,3-4H2,1-2H3,(H2,19,20)(H,21,27)(H,23,29)(H,31,32);/q;+1/p-1/b24-8-;/t9-,15-;/m1./s1. The van der Waals surface area contributed by atoms with Crippen molar-refractivity contribution in [2.45, 2.75) is 16.6 Å². The molecule has 19 heteroatoms. The molecule has 0 aromatic carbocycles. The van der Waals surface area contributed by atoms with Gasteiger partial charge in [-0.3, -0.25) is 33.9 Å². The summed E-state index contributed by atoms with van der Waals surface area (Å²) in [4.78, 5) is 74.0. The van der Waals surface area contributed by atoms with Crippen molar-refractivity contribution in [2.24, 2.45) is 12.2 Å². The molecule has 4 N–H and O–H groups in total. The summed E-state index contributed by atoms with van der Waals surface area (Å²) in [6.45, 7) is 0. The number of nitrogens with one attached hydrogen (secondary N) is 2. The summed E-state index contributed by atoms with van der Waals surface area (Å²) < 4.78 is 1.24. The first-order valence-corrected chi connectivity index (χ1v) is 12.8. The average Bonchev–Trinajstić information content (AvgIpc) is 3.27. The number of carbonyl (C=O) groups is 3. The van der Waals surface area contributed by atoms with Gasteiger partial charge in [0, 0.05) is 23.9 Å². The largest absolute Gasteiger partial charge is 1.00 e. The summed E-state index contributed by atoms with van der Waals surface area (Å²) in [7, 11) is 2.72. The number of thiazole rings is 1. The van der Waals surface area contributed by atoms with Crippen LogP contribution in [0.2, 0.25) is 0 Å². The quantitative estimate of drug-likeness (QED) is 0.0668. The zero-order chi connectivity index (χ0) is 26.1. The minimum atomic E-state index is -1.56. The Morgan fingerprint density at radius 2 is 2.11 bits per heavy atom. The third-order valence-corrected chi connectivity index (χ3v) is 8.14. The molecule has 4 heterocycles. The number of carboxylic acid groups (broad SMARTS) is 1. The van der Waals surface area contributed by atoms with Crippen molar-refractivity contribution >= 4 is 63.5 Å². The number of aliphatic carboxylic acids is 1. The first-order valence-electron chi connectivity index (χ1n) is 9.94. The molecule has 1 fully saturated rings. The van der Waals surface area contributed by atoms with E-state index in [0.717, 1.165) is 28.0 Å². The molecular formula is C18H17N8NaO7S3. The molecule has 0 unspecified atom stereocenters. The van der Waals surface area contributed by atoms with Crippen LogP contribution >= 0.6 is 34.9 Å². The molecule has 0 radical (unpaired) electrons. The second-order valence-electron chi connectivity index (χ2n) is 7.28. The van der Waals surface area contributed by atoms with Crippen molar-refractivity contribution in [3.05, 3.63) is 43.1 Å². The average molecular weight is 577 g/mol. The summed E-state index contributed by atoms with van der Waals surface area (Å²) in [5.41, 5.74) is 3.77. The number of hydrogen-bond donors (Lipinski definition) is 3. The van der Waals surface area contributed by atoms with Crippen LogP contribution in [-0.2, 0) is 26.3 Å². The van der Waals surface area contributed by atoms with Crippen LogP contribution in [0.5, 0.6) is 0 Å². The van der Waals surface area contributed by atoms with Gasteiger partial charge in [0.25, 0.3) is 11.8 Å². The van der Waals surface area contributed by atoms with Gasteiger partial charge in [-0.05, 0) is 5.57 Å². The summed E-state index contributed by atoms with van der Waals surface area (Å²) >= 11 is 3.35. The fourth-order valence-electron chi connectivity index (χ4n) is 3.43. The molecule has 2 aliphatic heterocycles. The Hall–Kier alpha value is -2.64. The number of fused-ring (bicyclic) bond motifs is 1. The zero-order valence-electron chi connectivity index (χ0n) is 19.5. The van der Waals surface area contributed by atoms with Gasteiger partial charge >= 0.3 is 40.7 Å². The summed E-state index contributed by atoms with van der Waals surface area (Å²) in [5.74, 6) is -2.68. The number of aromatic amines is 1. The number of aromatic nitrogens is 4. The van der Waals surface area contributed by atoms with Gasteiger partial charge in [0.05, 0.1) is 11.7 Å². The van der Waals surface area contributed by atoms with Gasteiger partial charge in [0.2, 0.25) is 0 Å². The van der Waals surface area contributed by atoms with Gasteiger partial charge in [-0.1, -0.05) is 16.9 Å². The molecule has 0 saturated carbocycles. The van der Waals surface area contributed by atoms with Gasteiger partial charge < -0.3 is 25.8 Å². The Bertz CT molecular complexity index is 1430. The van der Waals surface area contributed by atoms with Gasteiger partial charge in [-0.25, -0.2) is 4.98 Å². The van der Waals surface area contributed by atoms with Crippen molar-refractivity contribution in [2.75, 3.05) is 24.3 Å². The number of anilines is 1. The van der Waals surface area contributed by atoms with E-state index in [1.54, 1.807) is 0 Å². The maximum Gasteiger partial charge on any atom is 1.00 e. The molecule has 2 aromatic rings.